The summed E-state index contributed by atoms with van der Waals surface area (Å²) in [4.78, 5) is 0. The lowest BCUT2D eigenvalue weighted by atomic mass is 9.69. The number of fused-ring (bicyclic) bond motifs is 10. The third-order valence-electron chi connectivity index (χ3n) is 11.3. The predicted molar refractivity (Wildman–Crippen MR) is 214 cm³/mol. The molecule has 0 saturated heterocycles. The van der Waals surface area contributed by atoms with E-state index in [9.17, 15) is 0 Å². The first-order chi connectivity index (χ1) is 25.2. The van der Waals surface area contributed by atoms with E-state index in [-0.39, 0.29) is 0 Å². The summed E-state index contributed by atoms with van der Waals surface area (Å²) in [5.41, 5.74) is 19.9. The summed E-state index contributed by atoms with van der Waals surface area (Å²) in [5.74, 6) is 0.395. The molecule has 10 rings (SSSR count). The highest BCUT2D eigenvalue weighted by molar-refractivity contribution is 6.01. The summed E-state index contributed by atoms with van der Waals surface area (Å²) < 4.78 is 0. The molecule has 1 heteroatoms. The molecule has 0 radical (unpaired) electrons. The topological polar surface area (TPSA) is 12.0 Å². The molecule has 242 valence electrons. The van der Waals surface area contributed by atoms with E-state index >= 15 is 0 Å². The highest BCUT2D eigenvalue weighted by atomic mass is 14.9. The highest BCUT2D eigenvalue weighted by Crippen LogP contribution is 2.65. The van der Waals surface area contributed by atoms with Crippen LogP contribution < -0.4 is 5.32 Å². The normalized spacial score (nSPS) is 15.9. The van der Waals surface area contributed by atoms with Gasteiger partial charge in [0.2, 0.25) is 0 Å². The first-order valence-corrected chi connectivity index (χ1v) is 18.1. The van der Waals surface area contributed by atoms with Gasteiger partial charge in [0.1, 0.15) is 0 Å². The molecule has 1 atom stereocenters. The van der Waals surface area contributed by atoms with Crippen molar-refractivity contribution in [2.45, 2.75) is 18.8 Å². The van der Waals surface area contributed by atoms with Crippen LogP contribution >= 0.6 is 0 Å². The fourth-order valence-corrected chi connectivity index (χ4v) is 9.10. The van der Waals surface area contributed by atoms with Crippen LogP contribution in [0, 0.1) is 5.92 Å². The largest absolute Gasteiger partial charge is 0.355 e. The first-order valence-electron chi connectivity index (χ1n) is 18.1. The van der Waals surface area contributed by atoms with Gasteiger partial charge in [0.15, 0.2) is 0 Å². The SMILES string of the molecule is CC1CC=CC=C1c1ccc2c(c1Nc1cc(-c3ccccc3)cc(-c3ccccc3)c1)C1(c3ccccc3-c3ccccc31)c1ccccc1-2. The van der Waals surface area contributed by atoms with Crippen molar-refractivity contribution in [1.82, 2.24) is 0 Å². The van der Waals surface area contributed by atoms with Crippen molar-refractivity contribution in [2.24, 2.45) is 5.92 Å². The zero-order valence-corrected chi connectivity index (χ0v) is 28.6. The Balaban J connectivity index is 1.30. The molecule has 7 aromatic rings. The number of benzene rings is 7. The van der Waals surface area contributed by atoms with E-state index in [0.717, 1.165) is 12.1 Å². The molecule has 0 saturated carbocycles. The van der Waals surface area contributed by atoms with E-state index in [0.29, 0.717) is 5.92 Å². The highest BCUT2D eigenvalue weighted by Gasteiger charge is 2.53. The van der Waals surface area contributed by atoms with E-state index in [1.54, 1.807) is 0 Å². The summed E-state index contributed by atoms with van der Waals surface area (Å²) in [6.45, 7) is 2.36. The van der Waals surface area contributed by atoms with Gasteiger partial charge < -0.3 is 5.32 Å². The number of anilines is 2. The van der Waals surface area contributed by atoms with Gasteiger partial charge in [-0.05, 0) is 97.3 Å². The summed E-state index contributed by atoms with van der Waals surface area (Å²) >= 11 is 0. The van der Waals surface area contributed by atoms with Crippen molar-refractivity contribution in [2.75, 3.05) is 5.32 Å². The minimum Gasteiger partial charge on any atom is -0.355 e. The van der Waals surface area contributed by atoms with Crippen LogP contribution in [0.5, 0.6) is 0 Å². The van der Waals surface area contributed by atoms with Gasteiger partial charge in [-0.3, -0.25) is 0 Å². The Labute approximate surface area is 300 Å². The molecule has 3 aliphatic rings. The minimum absolute atomic E-state index is 0.395. The maximum atomic E-state index is 4.19. The van der Waals surface area contributed by atoms with Gasteiger partial charge in [-0.15, -0.1) is 0 Å². The standard InChI is InChI=1S/C50H37N/c1-33-16-8-9-21-39(33)44-29-28-43-42-24-12-15-27-47(42)50(45-25-13-10-22-40(45)41-23-11-14-26-46(41)50)48(43)49(44)51-38-31-36(34-17-4-2-5-18-34)30-37(32-38)35-19-6-3-7-20-35/h2-15,17-33,51H,16H2,1H3. The van der Waals surface area contributed by atoms with E-state index in [1.165, 1.54) is 83.6 Å². The van der Waals surface area contributed by atoms with Crippen LogP contribution in [-0.2, 0) is 5.41 Å². The smallest absolute Gasteiger partial charge is 0.0746 e. The van der Waals surface area contributed by atoms with Gasteiger partial charge in [-0.2, -0.15) is 0 Å². The van der Waals surface area contributed by atoms with Crippen LogP contribution in [0.2, 0.25) is 0 Å². The molecule has 51 heavy (non-hydrogen) atoms. The lowest BCUT2D eigenvalue weighted by Crippen LogP contribution is -2.27. The Morgan fingerprint density at radius 2 is 0.980 bits per heavy atom. The Morgan fingerprint density at radius 1 is 0.490 bits per heavy atom. The Kier molecular flexibility index (Phi) is 6.82. The van der Waals surface area contributed by atoms with Gasteiger partial charge >= 0.3 is 0 Å². The second kappa shape index (κ2) is 11.7. The summed E-state index contributed by atoms with van der Waals surface area (Å²) in [5, 5.41) is 4.19. The van der Waals surface area contributed by atoms with Crippen LogP contribution in [0.25, 0.3) is 50.1 Å². The monoisotopic (exact) mass is 651 g/mol. The number of hydrogen-bond acceptors (Lipinski definition) is 1. The van der Waals surface area contributed by atoms with Crippen molar-refractivity contribution in [3.8, 4) is 44.5 Å². The van der Waals surface area contributed by atoms with Crippen molar-refractivity contribution in [3.63, 3.8) is 0 Å². The third-order valence-corrected chi connectivity index (χ3v) is 11.3. The van der Waals surface area contributed by atoms with E-state index in [2.05, 4.69) is 194 Å². The predicted octanol–water partition coefficient (Wildman–Crippen LogP) is 13.1. The fourth-order valence-electron chi connectivity index (χ4n) is 9.10. The molecule has 3 aliphatic carbocycles. The second-order valence-electron chi connectivity index (χ2n) is 14.1. The number of allylic oxidation sites excluding steroid dienone is 4. The van der Waals surface area contributed by atoms with Gasteiger partial charge in [0, 0.05) is 16.8 Å². The zero-order valence-electron chi connectivity index (χ0n) is 28.6. The van der Waals surface area contributed by atoms with Gasteiger partial charge in [0.25, 0.3) is 0 Å². The van der Waals surface area contributed by atoms with E-state index in [4.69, 9.17) is 0 Å². The van der Waals surface area contributed by atoms with Crippen molar-refractivity contribution in [3.05, 3.63) is 210 Å². The molecule has 7 aromatic carbocycles. The summed E-state index contributed by atoms with van der Waals surface area (Å²) in [6.07, 6.45) is 7.90. The number of rotatable bonds is 5. The minimum atomic E-state index is -0.467. The summed E-state index contributed by atoms with van der Waals surface area (Å²) in [6, 6.07) is 60.5. The maximum Gasteiger partial charge on any atom is 0.0746 e. The van der Waals surface area contributed by atoms with Crippen LogP contribution in [0.4, 0.5) is 11.4 Å². The Hall–Kier alpha value is -6.18. The van der Waals surface area contributed by atoms with Crippen molar-refractivity contribution < 1.29 is 0 Å². The van der Waals surface area contributed by atoms with Gasteiger partial charge in [0.05, 0.1) is 11.1 Å². The fraction of sp³-hybridized carbons (Fsp3) is 0.0800. The third kappa shape index (κ3) is 4.48. The Morgan fingerprint density at radius 3 is 1.53 bits per heavy atom. The first kappa shape index (κ1) is 29.7. The molecular weight excluding hydrogens is 615 g/mol. The molecule has 1 unspecified atom stereocenters. The van der Waals surface area contributed by atoms with E-state index in [1.807, 2.05) is 0 Å². The molecule has 1 N–H and O–H groups in total. The molecule has 1 spiro atoms. The number of hydrogen-bond donors (Lipinski definition) is 1. The van der Waals surface area contributed by atoms with E-state index < -0.39 is 5.41 Å². The molecule has 0 aromatic heterocycles. The lowest BCUT2D eigenvalue weighted by Gasteiger charge is -2.34. The molecule has 1 nitrogen and oxygen atoms in total. The average Bonchev–Trinajstić information content (AvgIpc) is 3.66. The molecular formula is C50H37N. The summed E-state index contributed by atoms with van der Waals surface area (Å²) in [7, 11) is 0. The van der Waals surface area contributed by atoms with Crippen molar-refractivity contribution in [1.29, 1.82) is 0 Å². The molecule has 0 aliphatic heterocycles. The maximum absolute atomic E-state index is 4.19. The average molecular weight is 652 g/mol. The molecule has 0 amide bonds. The molecule has 0 heterocycles. The van der Waals surface area contributed by atoms with Crippen LogP contribution in [0.3, 0.4) is 0 Å². The van der Waals surface area contributed by atoms with Gasteiger partial charge in [-0.25, -0.2) is 0 Å². The van der Waals surface area contributed by atoms with Gasteiger partial charge in [-0.1, -0.05) is 171 Å². The van der Waals surface area contributed by atoms with Crippen LogP contribution in [0.15, 0.2) is 182 Å². The molecule has 0 fully saturated rings. The number of nitrogens with one attached hydrogen (secondary N) is 1. The van der Waals surface area contributed by atoms with Crippen LogP contribution in [-0.4, -0.2) is 0 Å². The second-order valence-corrected chi connectivity index (χ2v) is 14.1. The zero-order chi connectivity index (χ0) is 33.9. The lowest BCUT2D eigenvalue weighted by molar-refractivity contribution is 0.757. The Bertz CT molecular complexity index is 2410. The van der Waals surface area contributed by atoms with Crippen molar-refractivity contribution >= 4 is 16.9 Å². The van der Waals surface area contributed by atoms with Crippen LogP contribution in [0.1, 0.15) is 41.2 Å². The quantitative estimate of drug-likeness (QED) is 0.195. The molecule has 0 bridgehead atoms.